The number of aromatic nitrogens is 6. The number of aryl methyl sites for hydroxylation is 1. The normalized spacial score (nSPS) is 10.3. The minimum absolute atomic E-state index is 0.274. The van der Waals surface area contributed by atoms with Gasteiger partial charge in [0.15, 0.2) is 5.82 Å². The lowest BCUT2D eigenvalue weighted by Crippen LogP contribution is -1.80. The highest BCUT2D eigenvalue weighted by molar-refractivity contribution is 5.36. The van der Waals surface area contributed by atoms with E-state index in [1.54, 1.807) is 6.92 Å². The van der Waals surface area contributed by atoms with Crippen LogP contribution in [-0.4, -0.2) is 30.8 Å². The van der Waals surface area contributed by atoms with Crippen molar-refractivity contribution in [2.75, 3.05) is 0 Å². The molecule has 0 radical (unpaired) electrons. The number of hydrogen-bond acceptors (Lipinski definition) is 6. The zero-order chi connectivity index (χ0) is 7.68. The first-order valence-electron chi connectivity index (χ1n) is 2.90. The predicted octanol–water partition coefficient (Wildman–Crippen LogP) is -0.442. The van der Waals surface area contributed by atoms with Gasteiger partial charge in [0.25, 0.3) is 11.7 Å². The van der Waals surface area contributed by atoms with Crippen molar-refractivity contribution in [2.45, 2.75) is 6.92 Å². The van der Waals surface area contributed by atoms with Crippen LogP contribution in [0.1, 0.15) is 5.82 Å². The average molecular weight is 152 g/mol. The maximum absolute atomic E-state index is 4.76. The van der Waals surface area contributed by atoms with Crippen LogP contribution in [-0.2, 0) is 0 Å². The van der Waals surface area contributed by atoms with E-state index in [1.807, 2.05) is 0 Å². The van der Waals surface area contributed by atoms with E-state index in [4.69, 9.17) is 4.52 Å². The first-order chi connectivity index (χ1) is 5.36. The van der Waals surface area contributed by atoms with Crippen molar-refractivity contribution in [3.05, 3.63) is 5.82 Å². The standard InChI is InChI=1S/C4H4N6O/c1-2-5-4(11-8-2)3-6-9-10-7-3/h1H3,(H,6,7,9,10). The molecule has 0 saturated carbocycles. The molecule has 0 unspecified atom stereocenters. The number of H-pyrrole nitrogens is 1. The summed E-state index contributed by atoms with van der Waals surface area (Å²) in [6, 6.07) is 0. The van der Waals surface area contributed by atoms with E-state index < -0.39 is 0 Å². The van der Waals surface area contributed by atoms with E-state index in [0.717, 1.165) is 0 Å². The molecule has 2 aromatic heterocycles. The second-order valence-corrected chi connectivity index (χ2v) is 1.88. The SMILES string of the molecule is Cc1noc(-c2nn[nH]n2)n1. The maximum Gasteiger partial charge on any atom is 0.299 e. The van der Waals surface area contributed by atoms with Crippen LogP contribution in [0.3, 0.4) is 0 Å². The summed E-state index contributed by atoms with van der Waals surface area (Å²) < 4.78 is 4.76. The van der Waals surface area contributed by atoms with E-state index in [1.165, 1.54) is 0 Å². The molecule has 2 aromatic rings. The minimum Gasteiger partial charge on any atom is -0.330 e. The Bertz CT molecular complexity index is 337. The van der Waals surface area contributed by atoms with Gasteiger partial charge in [-0.05, 0) is 12.1 Å². The van der Waals surface area contributed by atoms with Crippen LogP contribution < -0.4 is 0 Å². The Morgan fingerprint density at radius 1 is 1.45 bits per heavy atom. The molecule has 0 spiro atoms. The van der Waals surface area contributed by atoms with Gasteiger partial charge in [0.2, 0.25) is 0 Å². The summed E-state index contributed by atoms with van der Waals surface area (Å²) in [6.45, 7) is 1.72. The van der Waals surface area contributed by atoms with Gasteiger partial charge < -0.3 is 4.52 Å². The third-order valence-electron chi connectivity index (χ3n) is 1.06. The summed E-state index contributed by atoms with van der Waals surface area (Å²) in [4.78, 5) is 3.89. The molecule has 0 fully saturated rings. The van der Waals surface area contributed by atoms with Crippen molar-refractivity contribution < 1.29 is 4.52 Å². The molecular formula is C4H4N6O. The van der Waals surface area contributed by atoms with Crippen LogP contribution in [0.25, 0.3) is 11.7 Å². The van der Waals surface area contributed by atoms with Gasteiger partial charge in [-0.25, -0.2) is 0 Å². The number of aromatic amines is 1. The summed E-state index contributed by atoms with van der Waals surface area (Å²) in [6.07, 6.45) is 0. The van der Waals surface area contributed by atoms with Gasteiger partial charge in [0.1, 0.15) is 0 Å². The Labute approximate surface area is 60.8 Å². The Balaban J connectivity index is 2.45. The predicted molar refractivity (Wildman–Crippen MR) is 32.2 cm³/mol. The lowest BCUT2D eigenvalue weighted by atomic mass is 10.6. The third kappa shape index (κ3) is 0.955. The van der Waals surface area contributed by atoms with E-state index in [9.17, 15) is 0 Å². The summed E-state index contributed by atoms with van der Waals surface area (Å²) in [5.41, 5.74) is 0. The quantitative estimate of drug-likeness (QED) is 0.595. The van der Waals surface area contributed by atoms with Crippen LogP contribution in [0.5, 0.6) is 0 Å². The third-order valence-corrected chi connectivity index (χ3v) is 1.06. The summed E-state index contributed by atoms with van der Waals surface area (Å²) in [5, 5.41) is 16.5. The lowest BCUT2D eigenvalue weighted by molar-refractivity contribution is 0.423. The van der Waals surface area contributed by atoms with Crippen molar-refractivity contribution in [1.82, 2.24) is 30.8 Å². The van der Waals surface area contributed by atoms with Gasteiger partial charge in [0, 0.05) is 0 Å². The zero-order valence-corrected chi connectivity index (χ0v) is 5.64. The highest BCUT2D eigenvalue weighted by Crippen LogP contribution is 2.07. The smallest absolute Gasteiger partial charge is 0.299 e. The van der Waals surface area contributed by atoms with Crippen LogP contribution in [0.2, 0.25) is 0 Å². The maximum atomic E-state index is 4.76. The van der Waals surface area contributed by atoms with Gasteiger partial charge in [-0.3, -0.25) is 0 Å². The molecule has 11 heavy (non-hydrogen) atoms. The molecule has 56 valence electrons. The van der Waals surface area contributed by atoms with E-state index >= 15 is 0 Å². The van der Waals surface area contributed by atoms with Crippen LogP contribution in [0.4, 0.5) is 0 Å². The van der Waals surface area contributed by atoms with Crippen LogP contribution in [0, 0.1) is 6.92 Å². The van der Waals surface area contributed by atoms with Crippen molar-refractivity contribution >= 4 is 0 Å². The Morgan fingerprint density at radius 3 is 2.91 bits per heavy atom. The molecule has 7 heteroatoms. The topological polar surface area (TPSA) is 93.4 Å². The van der Waals surface area contributed by atoms with Crippen molar-refractivity contribution in [3.8, 4) is 11.7 Å². The molecule has 0 amide bonds. The highest BCUT2D eigenvalue weighted by atomic mass is 16.5. The van der Waals surface area contributed by atoms with Gasteiger partial charge >= 0.3 is 0 Å². The number of nitrogens with one attached hydrogen (secondary N) is 1. The van der Waals surface area contributed by atoms with E-state index in [0.29, 0.717) is 11.6 Å². The van der Waals surface area contributed by atoms with Crippen molar-refractivity contribution in [3.63, 3.8) is 0 Å². The highest BCUT2D eigenvalue weighted by Gasteiger charge is 2.09. The van der Waals surface area contributed by atoms with Gasteiger partial charge in [-0.1, -0.05) is 5.16 Å². The summed E-state index contributed by atoms with van der Waals surface area (Å²) in [7, 11) is 0. The molecule has 0 aliphatic carbocycles. The molecule has 0 atom stereocenters. The number of hydrogen-bond donors (Lipinski definition) is 1. The number of rotatable bonds is 1. The van der Waals surface area contributed by atoms with Gasteiger partial charge in [-0.2, -0.15) is 10.2 Å². The fourth-order valence-corrected chi connectivity index (χ4v) is 0.640. The first-order valence-corrected chi connectivity index (χ1v) is 2.90. The molecule has 0 bridgehead atoms. The minimum atomic E-state index is 0.274. The Kier molecular flexibility index (Phi) is 1.14. The molecule has 2 heterocycles. The molecule has 0 aliphatic heterocycles. The second kappa shape index (κ2) is 2.11. The molecule has 0 aliphatic rings. The Hall–Kier alpha value is -1.79. The molecule has 0 saturated heterocycles. The molecule has 2 rings (SSSR count). The molecule has 7 nitrogen and oxygen atoms in total. The fraction of sp³-hybridized carbons (Fsp3) is 0.250. The first kappa shape index (κ1) is 5.96. The molecular weight excluding hydrogens is 148 g/mol. The lowest BCUT2D eigenvalue weighted by Gasteiger charge is -1.76. The van der Waals surface area contributed by atoms with Crippen LogP contribution in [0.15, 0.2) is 4.52 Å². The molecule has 1 N–H and O–H groups in total. The average Bonchev–Trinajstić information content (AvgIpc) is 2.55. The van der Waals surface area contributed by atoms with Crippen LogP contribution >= 0.6 is 0 Å². The van der Waals surface area contributed by atoms with E-state index in [-0.39, 0.29) is 5.89 Å². The zero-order valence-electron chi connectivity index (χ0n) is 5.64. The summed E-state index contributed by atoms with van der Waals surface area (Å²) in [5.74, 6) is 1.13. The number of tetrazole rings is 1. The van der Waals surface area contributed by atoms with Gasteiger partial charge in [-0.15, -0.1) is 10.2 Å². The van der Waals surface area contributed by atoms with Crippen molar-refractivity contribution in [2.24, 2.45) is 0 Å². The van der Waals surface area contributed by atoms with Crippen molar-refractivity contribution in [1.29, 1.82) is 0 Å². The Morgan fingerprint density at radius 2 is 2.36 bits per heavy atom. The monoisotopic (exact) mass is 152 g/mol. The summed E-state index contributed by atoms with van der Waals surface area (Å²) >= 11 is 0. The second-order valence-electron chi connectivity index (χ2n) is 1.88. The van der Waals surface area contributed by atoms with Gasteiger partial charge in [0.05, 0.1) is 0 Å². The fourth-order valence-electron chi connectivity index (χ4n) is 0.640. The van der Waals surface area contributed by atoms with E-state index in [2.05, 4.69) is 30.8 Å². The number of nitrogens with zero attached hydrogens (tertiary/aromatic N) is 5. The molecule has 0 aromatic carbocycles. The largest absolute Gasteiger partial charge is 0.330 e.